The average Bonchev–Trinajstić information content (AvgIpc) is 3.30. The van der Waals surface area contributed by atoms with Crippen LogP contribution in [0.2, 0.25) is 0 Å². The van der Waals surface area contributed by atoms with Gasteiger partial charge in [0.1, 0.15) is 11.6 Å². The quantitative estimate of drug-likeness (QED) is 0.350. The average molecular weight is 515 g/mol. The molecule has 162 valence electrons. The minimum Gasteiger partial charge on any atom is -0.439 e. The van der Waals surface area contributed by atoms with Crippen molar-refractivity contribution in [2.24, 2.45) is 0 Å². The van der Waals surface area contributed by atoms with Crippen molar-refractivity contribution < 1.29 is 22.0 Å². The minimum absolute atomic E-state index is 0.0435. The Bertz CT molecular complexity index is 1340. The van der Waals surface area contributed by atoms with Crippen molar-refractivity contribution in [3.8, 4) is 0 Å². The third-order valence-electron chi connectivity index (χ3n) is 4.61. The Balaban J connectivity index is 1.66. The number of nitrogens with zero attached hydrogens (tertiary/aromatic N) is 2. The number of hydrogen-bond acceptors (Lipinski definition) is 5. The zero-order chi connectivity index (χ0) is 22.7. The molecule has 0 radical (unpaired) electrons. The summed E-state index contributed by atoms with van der Waals surface area (Å²) in [5, 5.41) is -0.342. The fourth-order valence-corrected chi connectivity index (χ4v) is 4.42. The summed E-state index contributed by atoms with van der Waals surface area (Å²) in [5.74, 6) is -0.785. The molecule has 0 atom stereocenters. The van der Waals surface area contributed by atoms with Crippen LogP contribution in [0.1, 0.15) is 16.1 Å². The molecule has 0 bridgehead atoms. The van der Waals surface area contributed by atoms with E-state index >= 15 is 0 Å². The van der Waals surface area contributed by atoms with E-state index in [0.717, 1.165) is 4.47 Å². The SMILES string of the molecule is O=C(c1ccc(S(=O)(=O)c2ccc(Br)cc2)o1)N(Cc1ccc(F)cc1)c1ccccn1. The molecular weight excluding hydrogens is 499 g/mol. The molecule has 0 saturated heterocycles. The number of amides is 1. The van der Waals surface area contributed by atoms with Crippen LogP contribution in [-0.4, -0.2) is 19.3 Å². The van der Waals surface area contributed by atoms with E-state index < -0.39 is 21.6 Å². The molecule has 0 N–H and O–H groups in total. The Morgan fingerprint density at radius 2 is 1.69 bits per heavy atom. The van der Waals surface area contributed by atoms with Gasteiger partial charge in [0, 0.05) is 10.7 Å². The van der Waals surface area contributed by atoms with Crippen LogP contribution in [0.5, 0.6) is 0 Å². The van der Waals surface area contributed by atoms with Gasteiger partial charge >= 0.3 is 0 Å². The standard InChI is InChI=1S/C23H16BrFN2O4S/c24-17-6-10-19(11-7-17)32(29,30)22-13-12-20(31-22)23(28)27(21-3-1-2-14-26-21)15-16-4-8-18(25)9-5-16/h1-14H,15H2. The molecule has 0 fully saturated rings. The summed E-state index contributed by atoms with van der Waals surface area (Å²) in [6, 6.07) is 19.4. The van der Waals surface area contributed by atoms with Crippen LogP contribution in [0.4, 0.5) is 10.2 Å². The molecule has 0 aliphatic heterocycles. The second-order valence-electron chi connectivity index (χ2n) is 6.78. The number of hydrogen-bond donors (Lipinski definition) is 0. The normalized spacial score (nSPS) is 11.3. The summed E-state index contributed by atoms with van der Waals surface area (Å²) < 4.78 is 45.2. The van der Waals surface area contributed by atoms with Crippen LogP contribution in [0.3, 0.4) is 0 Å². The highest BCUT2D eigenvalue weighted by Gasteiger charge is 2.27. The van der Waals surface area contributed by atoms with Gasteiger partial charge in [-0.25, -0.2) is 17.8 Å². The number of sulfone groups is 1. The zero-order valence-electron chi connectivity index (χ0n) is 16.5. The van der Waals surface area contributed by atoms with E-state index in [1.165, 1.54) is 47.5 Å². The van der Waals surface area contributed by atoms with Gasteiger partial charge in [0.15, 0.2) is 5.76 Å². The van der Waals surface area contributed by atoms with Crippen molar-refractivity contribution in [1.82, 2.24) is 4.98 Å². The largest absolute Gasteiger partial charge is 0.439 e. The second-order valence-corrected chi connectivity index (χ2v) is 9.58. The van der Waals surface area contributed by atoms with E-state index in [1.807, 2.05) is 0 Å². The molecule has 9 heteroatoms. The first-order valence-electron chi connectivity index (χ1n) is 9.42. The van der Waals surface area contributed by atoms with E-state index in [2.05, 4.69) is 20.9 Å². The van der Waals surface area contributed by atoms with E-state index in [0.29, 0.717) is 11.4 Å². The summed E-state index contributed by atoms with van der Waals surface area (Å²) in [6.07, 6.45) is 1.53. The van der Waals surface area contributed by atoms with Gasteiger partial charge in [-0.05, 0) is 66.2 Å². The molecule has 4 aromatic rings. The lowest BCUT2D eigenvalue weighted by atomic mass is 10.2. The predicted octanol–water partition coefficient (Wildman–Crippen LogP) is 5.26. The van der Waals surface area contributed by atoms with Crippen molar-refractivity contribution in [3.63, 3.8) is 0 Å². The first-order valence-corrected chi connectivity index (χ1v) is 11.7. The summed E-state index contributed by atoms with van der Waals surface area (Å²) in [5.41, 5.74) is 0.666. The number of rotatable bonds is 6. The Morgan fingerprint density at radius 1 is 0.969 bits per heavy atom. The fraction of sp³-hybridized carbons (Fsp3) is 0.0435. The maximum absolute atomic E-state index is 13.3. The third-order valence-corrected chi connectivity index (χ3v) is 6.78. The first-order chi connectivity index (χ1) is 15.3. The number of furan rings is 1. The van der Waals surface area contributed by atoms with Gasteiger partial charge < -0.3 is 4.42 Å². The lowest BCUT2D eigenvalue weighted by Gasteiger charge is -2.20. The highest BCUT2D eigenvalue weighted by Crippen LogP contribution is 2.26. The number of anilines is 1. The molecule has 2 aromatic heterocycles. The van der Waals surface area contributed by atoms with Crippen molar-refractivity contribution in [2.75, 3.05) is 4.90 Å². The molecule has 0 aliphatic rings. The molecule has 0 saturated carbocycles. The van der Waals surface area contributed by atoms with Gasteiger partial charge in [-0.15, -0.1) is 0 Å². The Kier molecular flexibility index (Phi) is 6.20. The number of aromatic nitrogens is 1. The molecule has 2 aromatic carbocycles. The molecule has 1 amide bonds. The predicted molar refractivity (Wildman–Crippen MR) is 119 cm³/mol. The molecule has 0 unspecified atom stereocenters. The number of carbonyl (C=O) groups is 1. The highest BCUT2D eigenvalue weighted by atomic mass is 79.9. The molecule has 32 heavy (non-hydrogen) atoms. The van der Waals surface area contributed by atoms with E-state index in [4.69, 9.17) is 4.42 Å². The monoisotopic (exact) mass is 514 g/mol. The van der Waals surface area contributed by atoms with Gasteiger partial charge in [-0.3, -0.25) is 9.69 Å². The van der Waals surface area contributed by atoms with Gasteiger partial charge in [0.2, 0.25) is 14.9 Å². The fourth-order valence-electron chi connectivity index (χ4n) is 2.99. The zero-order valence-corrected chi connectivity index (χ0v) is 18.9. The second kappa shape index (κ2) is 9.05. The molecule has 4 rings (SSSR count). The van der Waals surface area contributed by atoms with Crippen molar-refractivity contribution in [3.05, 3.63) is 107 Å². The van der Waals surface area contributed by atoms with E-state index in [-0.39, 0.29) is 22.3 Å². The lowest BCUT2D eigenvalue weighted by Crippen LogP contribution is -2.30. The summed E-state index contributed by atoms with van der Waals surface area (Å²) in [7, 11) is -3.94. The number of pyridine rings is 1. The number of carbonyl (C=O) groups excluding carboxylic acids is 1. The maximum Gasteiger partial charge on any atom is 0.295 e. The van der Waals surface area contributed by atoms with Crippen molar-refractivity contribution >= 4 is 37.5 Å². The highest BCUT2D eigenvalue weighted by molar-refractivity contribution is 9.10. The topological polar surface area (TPSA) is 80.5 Å². The van der Waals surface area contributed by atoms with Gasteiger partial charge in [0.05, 0.1) is 11.4 Å². The van der Waals surface area contributed by atoms with Crippen LogP contribution >= 0.6 is 15.9 Å². The Labute approximate surface area is 192 Å². The molecule has 0 aliphatic carbocycles. The number of benzene rings is 2. The van der Waals surface area contributed by atoms with E-state index in [1.54, 1.807) is 42.5 Å². The maximum atomic E-state index is 13.3. The Hall–Kier alpha value is -3.30. The van der Waals surface area contributed by atoms with Crippen LogP contribution in [-0.2, 0) is 16.4 Å². The van der Waals surface area contributed by atoms with Gasteiger partial charge in [-0.2, -0.15) is 0 Å². The first kappa shape index (κ1) is 21.9. The molecule has 0 spiro atoms. The summed E-state index contributed by atoms with van der Waals surface area (Å²) in [4.78, 5) is 18.9. The Morgan fingerprint density at radius 3 is 2.34 bits per heavy atom. The van der Waals surface area contributed by atoms with Gasteiger partial charge in [0.25, 0.3) is 5.91 Å². The van der Waals surface area contributed by atoms with Crippen molar-refractivity contribution in [2.45, 2.75) is 16.5 Å². The third kappa shape index (κ3) is 4.63. The van der Waals surface area contributed by atoms with Gasteiger partial charge in [-0.1, -0.05) is 34.1 Å². The molecular formula is C23H16BrFN2O4S. The lowest BCUT2D eigenvalue weighted by molar-refractivity contribution is 0.0952. The van der Waals surface area contributed by atoms with Crippen molar-refractivity contribution in [1.29, 1.82) is 0 Å². The number of halogens is 2. The van der Waals surface area contributed by atoms with Crippen LogP contribution in [0.25, 0.3) is 0 Å². The minimum atomic E-state index is -3.94. The van der Waals surface area contributed by atoms with Crippen LogP contribution in [0.15, 0.2) is 104 Å². The van der Waals surface area contributed by atoms with E-state index in [9.17, 15) is 17.6 Å². The van der Waals surface area contributed by atoms with Crippen LogP contribution in [0, 0.1) is 5.82 Å². The smallest absolute Gasteiger partial charge is 0.295 e. The molecule has 6 nitrogen and oxygen atoms in total. The van der Waals surface area contributed by atoms with Crippen LogP contribution < -0.4 is 4.90 Å². The summed E-state index contributed by atoms with van der Waals surface area (Å²) >= 11 is 3.27. The summed E-state index contributed by atoms with van der Waals surface area (Å²) in [6.45, 7) is 0.0889. The molecule has 2 heterocycles.